The minimum Gasteiger partial charge on any atom is -0.512 e. The first-order valence-electron chi connectivity index (χ1n) is 19.5. The molecule has 1 N–H and O–H groups in total. The van der Waals surface area contributed by atoms with E-state index in [0.29, 0.717) is 11.8 Å². The molecule has 0 atom stereocenters. The van der Waals surface area contributed by atoms with Crippen LogP contribution in [0.2, 0.25) is 0 Å². The fourth-order valence-electron chi connectivity index (χ4n) is 7.51. The van der Waals surface area contributed by atoms with Crippen molar-refractivity contribution in [3.8, 4) is 22.4 Å². The molecule has 1 aliphatic heterocycles. The molecule has 5 rings (SSSR count). The van der Waals surface area contributed by atoms with Gasteiger partial charge in [-0.1, -0.05) is 126 Å². The van der Waals surface area contributed by atoms with Gasteiger partial charge >= 0.3 is 6.85 Å². The topological polar surface area (TPSA) is 53.4 Å². The molecule has 4 nitrogen and oxygen atoms in total. The Hall–Kier alpha value is -3.47. The number of carbonyl (C=O) groups excluding carboxylic acids is 1. The van der Waals surface area contributed by atoms with Crippen molar-refractivity contribution < 1.29 is 30.0 Å². The Labute approximate surface area is 335 Å². The smallest absolute Gasteiger partial charge is 0.324 e. The van der Waals surface area contributed by atoms with Gasteiger partial charge in [-0.15, -0.1) is 34.9 Å². The van der Waals surface area contributed by atoms with Crippen LogP contribution in [-0.2, 0) is 24.9 Å². The number of hydrogen-bond donors (Lipinski definition) is 1. The summed E-state index contributed by atoms with van der Waals surface area (Å²) in [7, 11) is 2.25. The van der Waals surface area contributed by atoms with E-state index in [1.165, 1.54) is 50.5 Å². The SMILES string of the molecule is CCC(C)(CC)C(=O)/C=C(\O)C(C)(CC)CC.Cc1[c-]c(-c2nccc3c2-c2ccccc2B(c2c(C(C)C)cccc2C(C)C)N3C)cc(C)c1.[Ir]. The third-order valence-corrected chi connectivity index (χ3v) is 11.9. The Morgan fingerprint density at radius 3 is 1.96 bits per heavy atom. The fourth-order valence-corrected chi connectivity index (χ4v) is 7.51. The summed E-state index contributed by atoms with van der Waals surface area (Å²) in [5, 5.41) is 10.1. The molecule has 0 bridgehead atoms. The molecule has 3 aromatic carbocycles. The number of anilines is 1. The van der Waals surface area contributed by atoms with E-state index in [-0.39, 0.29) is 49.3 Å². The second-order valence-corrected chi connectivity index (χ2v) is 16.0. The average molecular weight is 890 g/mol. The van der Waals surface area contributed by atoms with Crippen LogP contribution >= 0.6 is 0 Å². The number of hydrogen-bond acceptors (Lipinski definition) is 4. The van der Waals surface area contributed by atoms with Crippen molar-refractivity contribution in [2.24, 2.45) is 10.8 Å². The second-order valence-electron chi connectivity index (χ2n) is 16.0. The number of benzene rings is 3. The molecular weight excluding hydrogens is 828 g/mol. The zero-order chi connectivity index (χ0) is 38.5. The van der Waals surface area contributed by atoms with Gasteiger partial charge in [0.25, 0.3) is 0 Å². The summed E-state index contributed by atoms with van der Waals surface area (Å²) in [5.74, 6) is 1.18. The summed E-state index contributed by atoms with van der Waals surface area (Å²) in [4.78, 5) is 19.6. The van der Waals surface area contributed by atoms with Crippen molar-refractivity contribution in [1.82, 2.24) is 4.98 Å². The molecule has 0 spiro atoms. The number of aliphatic hydroxyl groups excluding tert-OH is 1. The summed E-state index contributed by atoms with van der Waals surface area (Å²) >= 11 is 0. The second kappa shape index (κ2) is 18.2. The first kappa shape index (κ1) is 43.9. The van der Waals surface area contributed by atoms with Gasteiger partial charge in [-0.3, -0.25) is 4.79 Å². The molecule has 0 saturated heterocycles. The molecule has 53 heavy (non-hydrogen) atoms. The Bertz CT molecular complexity index is 1860. The normalized spacial score (nSPS) is 12.9. The molecular formula is C47H62BIrN2O2-. The minimum atomic E-state index is -0.337. The molecule has 4 aromatic rings. The van der Waals surface area contributed by atoms with E-state index >= 15 is 0 Å². The number of aromatic nitrogens is 1. The van der Waals surface area contributed by atoms with Crippen LogP contribution in [0.5, 0.6) is 0 Å². The summed E-state index contributed by atoms with van der Waals surface area (Å²) in [6, 6.07) is 25.9. The van der Waals surface area contributed by atoms with Crippen LogP contribution in [0.3, 0.4) is 0 Å². The molecule has 1 radical (unpaired) electrons. The number of nitrogens with zero attached hydrogens (tertiary/aromatic N) is 2. The Balaban J connectivity index is 0.000000359. The van der Waals surface area contributed by atoms with E-state index in [9.17, 15) is 9.90 Å². The summed E-state index contributed by atoms with van der Waals surface area (Å²) in [6.45, 7) is 25.7. The van der Waals surface area contributed by atoms with E-state index in [0.717, 1.165) is 42.5 Å². The monoisotopic (exact) mass is 890 g/mol. The van der Waals surface area contributed by atoms with Gasteiger partial charge in [0.1, 0.15) is 5.76 Å². The molecule has 285 valence electrons. The maximum atomic E-state index is 12.2. The molecule has 0 unspecified atom stereocenters. The van der Waals surface area contributed by atoms with Crippen molar-refractivity contribution in [3.05, 3.63) is 107 Å². The number of carbonyl (C=O) groups is 1. The van der Waals surface area contributed by atoms with Gasteiger partial charge in [-0.05, 0) is 89.5 Å². The first-order chi connectivity index (χ1) is 24.6. The van der Waals surface area contributed by atoms with E-state index < -0.39 is 0 Å². The van der Waals surface area contributed by atoms with Gasteiger partial charge in [0.05, 0.1) is 0 Å². The molecule has 0 saturated carbocycles. The number of pyridine rings is 1. The quantitative estimate of drug-likeness (QED) is 0.0706. The van der Waals surface area contributed by atoms with Gasteiger partial charge in [-0.25, -0.2) is 0 Å². The summed E-state index contributed by atoms with van der Waals surface area (Å²) in [6.07, 6.45) is 6.71. The molecule has 1 aromatic heterocycles. The third kappa shape index (κ3) is 9.09. The van der Waals surface area contributed by atoms with Crippen LogP contribution in [0.1, 0.15) is 129 Å². The van der Waals surface area contributed by atoms with Crippen molar-refractivity contribution >= 4 is 29.2 Å². The number of ketones is 1. The zero-order valence-corrected chi connectivity index (χ0v) is 37.0. The summed E-state index contributed by atoms with van der Waals surface area (Å²) in [5.41, 5.74) is 13.2. The maximum Gasteiger partial charge on any atom is 0.324 e. The zero-order valence-electron chi connectivity index (χ0n) is 34.6. The van der Waals surface area contributed by atoms with Crippen LogP contribution in [0.25, 0.3) is 22.4 Å². The standard InChI is InChI=1S/C32H34BN2.C15H28O2.Ir/c1-20(2)25-12-10-13-26(21(3)4)31(25)33-28-14-9-8-11-27(28)30-29(35(33)7)15-16-34-32(30)24-18-22(5)17-23(6)19-24;1-7-14(5,8-2)12(16)11-13(17)15(6,9-3)10-4;/h8-18,20-21H,1-7H3;11,16H,7-10H2,1-6H3;/q-1;;/b;12-11-;. The number of fused-ring (bicyclic) bond motifs is 3. The van der Waals surface area contributed by atoms with Crippen molar-refractivity contribution in [3.63, 3.8) is 0 Å². The molecule has 0 aliphatic carbocycles. The van der Waals surface area contributed by atoms with Crippen LogP contribution in [-0.4, -0.2) is 29.8 Å². The van der Waals surface area contributed by atoms with Gasteiger partial charge < -0.3 is 14.9 Å². The number of rotatable bonds is 11. The predicted octanol–water partition coefficient (Wildman–Crippen LogP) is 11.3. The number of allylic oxidation sites excluding steroid dienone is 2. The van der Waals surface area contributed by atoms with Crippen LogP contribution in [0.15, 0.2) is 78.7 Å². The van der Waals surface area contributed by atoms with Crippen molar-refractivity contribution in [2.75, 3.05) is 11.9 Å². The Morgan fingerprint density at radius 2 is 1.43 bits per heavy atom. The molecule has 6 heteroatoms. The summed E-state index contributed by atoms with van der Waals surface area (Å²) < 4.78 is 0. The van der Waals surface area contributed by atoms with Gasteiger partial charge in [-0.2, -0.15) is 0 Å². The Morgan fingerprint density at radius 1 is 0.868 bits per heavy atom. The minimum absolute atomic E-state index is 0. The van der Waals surface area contributed by atoms with Gasteiger partial charge in [0.2, 0.25) is 0 Å². The predicted molar refractivity (Wildman–Crippen MR) is 225 cm³/mol. The average Bonchev–Trinajstić information content (AvgIpc) is 3.13. The third-order valence-electron chi connectivity index (χ3n) is 11.9. The van der Waals surface area contributed by atoms with E-state index in [2.05, 4.69) is 120 Å². The number of aliphatic hydroxyl groups is 1. The van der Waals surface area contributed by atoms with E-state index in [1.807, 2.05) is 47.7 Å². The van der Waals surface area contributed by atoms with Gasteiger partial charge in [0, 0.05) is 48.9 Å². The largest absolute Gasteiger partial charge is 0.512 e. The molecule has 2 heterocycles. The molecule has 0 fully saturated rings. The number of aryl methyl sites for hydroxylation is 2. The van der Waals surface area contributed by atoms with E-state index in [4.69, 9.17) is 4.98 Å². The fraction of sp³-hybridized carbons (Fsp3) is 0.447. The van der Waals surface area contributed by atoms with Crippen LogP contribution in [0.4, 0.5) is 5.69 Å². The first-order valence-corrected chi connectivity index (χ1v) is 19.5. The van der Waals surface area contributed by atoms with Crippen LogP contribution < -0.4 is 15.7 Å². The van der Waals surface area contributed by atoms with Crippen LogP contribution in [0, 0.1) is 30.7 Å². The van der Waals surface area contributed by atoms with Gasteiger partial charge in [0.15, 0.2) is 5.78 Å². The van der Waals surface area contributed by atoms with Crippen molar-refractivity contribution in [1.29, 1.82) is 0 Å². The Kier molecular flexibility index (Phi) is 15.1. The maximum absolute atomic E-state index is 12.2. The van der Waals surface area contributed by atoms with Crippen molar-refractivity contribution in [2.45, 2.75) is 121 Å². The molecule has 1 aliphatic rings. The van der Waals surface area contributed by atoms with E-state index in [1.54, 1.807) is 0 Å². The molecule has 0 amide bonds.